The number of halogens is 1. The molecule has 0 saturated carbocycles. The minimum absolute atomic E-state index is 0.230. The first-order chi connectivity index (χ1) is 10.5. The Balaban J connectivity index is 2.16. The second-order valence-electron chi connectivity index (χ2n) is 5.47. The smallest absolute Gasteiger partial charge is 0.124 e. The Morgan fingerprint density at radius 2 is 2.00 bits per heavy atom. The van der Waals surface area contributed by atoms with Crippen LogP contribution < -0.4 is 4.74 Å². The van der Waals surface area contributed by atoms with Gasteiger partial charge in [0.05, 0.1) is 12.0 Å². The summed E-state index contributed by atoms with van der Waals surface area (Å²) in [7, 11) is 1.61. The molecular weight excluding hydrogens is 318 g/mol. The van der Waals surface area contributed by atoms with Gasteiger partial charge in [-0.3, -0.25) is 0 Å². The van der Waals surface area contributed by atoms with Crippen molar-refractivity contribution >= 4 is 23.4 Å². The van der Waals surface area contributed by atoms with Gasteiger partial charge in [-0.25, -0.2) is 0 Å². The molecule has 0 spiro atoms. The molecule has 2 aromatic carbocycles. The van der Waals surface area contributed by atoms with E-state index in [0.717, 1.165) is 21.1 Å². The van der Waals surface area contributed by atoms with Gasteiger partial charge in [0.15, 0.2) is 0 Å². The zero-order chi connectivity index (χ0) is 15.9. The van der Waals surface area contributed by atoms with Gasteiger partial charge in [-0.2, -0.15) is 0 Å². The normalized spacial score (nSPS) is 24.9. The topological polar surface area (TPSA) is 35.5 Å². The second kappa shape index (κ2) is 5.78. The van der Waals surface area contributed by atoms with Gasteiger partial charge in [0.1, 0.15) is 5.75 Å². The van der Waals surface area contributed by atoms with E-state index in [4.69, 9.17) is 16.3 Å². The highest BCUT2D eigenvalue weighted by atomic mass is 35.5. The van der Waals surface area contributed by atoms with Crippen LogP contribution in [0.4, 0.5) is 0 Å². The molecule has 0 N–H and O–H groups in total. The molecule has 116 valence electrons. The van der Waals surface area contributed by atoms with Crippen LogP contribution >= 0.6 is 23.4 Å². The molecule has 1 aliphatic rings. The summed E-state index contributed by atoms with van der Waals surface area (Å²) in [5.41, 5.74) is 1.85. The number of ether oxygens (including phenoxy) is 1. The SMILES string of the molecule is COc1ccc(Cl)cc1C1(C)Sc2ccccc2C(C)N1[O-]. The summed E-state index contributed by atoms with van der Waals surface area (Å²) in [5.74, 6) is 0.673. The maximum atomic E-state index is 13.0. The predicted molar refractivity (Wildman–Crippen MR) is 91.3 cm³/mol. The average Bonchev–Trinajstić information content (AvgIpc) is 2.53. The van der Waals surface area contributed by atoms with E-state index in [1.54, 1.807) is 13.2 Å². The van der Waals surface area contributed by atoms with Crippen molar-refractivity contribution in [1.29, 1.82) is 0 Å². The number of rotatable bonds is 2. The van der Waals surface area contributed by atoms with Gasteiger partial charge in [0, 0.05) is 21.5 Å². The molecule has 1 heterocycles. The third-order valence-corrected chi connectivity index (χ3v) is 5.74. The van der Waals surface area contributed by atoms with Crippen molar-refractivity contribution in [1.82, 2.24) is 5.06 Å². The summed E-state index contributed by atoms with van der Waals surface area (Å²) >= 11 is 7.69. The first-order valence-electron chi connectivity index (χ1n) is 7.06. The van der Waals surface area contributed by atoms with Gasteiger partial charge >= 0.3 is 0 Å². The van der Waals surface area contributed by atoms with Gasteiger partial charge in [-0.1, -0.05) is 41.6 Å². The number of thioether (sulfide) groups is 1. The van der Waals surface area contributed by atoms with Crippen molar-refractivity contribution in [2.45, 2.75) is 29.7 Å². The third-order valence-electron chi connectivity index (χ3n) is 4.11. The Morgan fingerprint density at radius 1 is 1.27 bits per heavy atom. The molecule has 5 heteroatoms. The number of benzene rings is 2. The number of fused-ring (bicyclic) bond motifs is 1. The van der Waals surface area contributed by atoms with E-state index in [-0.39, 0.29) is 6.04 Å². The summed E-state index contributed by atoms with van der Waals surface area (Å²) < 4.78 is 5.45. The largest absolute Gasteiger partial charge is 0.784 e. The van der Waals surface area contributed by atoms with E-state index in [1.807, 2.05) is 44.2 Å². The number of hydrogen-bond acceptors (Lipinski definition) is 4. The molecule has 3 nitrogen and oxygen atoms in total. The molecular formula is C17H17ClNO2S-. The highest BCUT2D eigenvalue weighted by Gasteiger charge is 2.39. The Kier molecular flexibility index (Phi) is 4.12. The second-order valence-corrected chi connectivity index (χ2v) is 7.34. The lowest BCUT2D eigenvalue weighted by Crippen LogP contribution is -2.42. The Hall–Kier alpha value is -1.20. The lowest BCUT2D eigenvalue weighted by atomic mass is 10.0. The van der Waals surface area contributed by atoms with Crippen molar-refractivity contribution in [2.24, 2.45) is 0 Å². The minimum atomic E-state index is -0.788. The Morgan fingerprint density at radius 3 is 2.73 bits per heavy atom. The van der Waals surface area contributed by atoms with Crippen molar-refractivity contribution < 1.29 is 4.74 Å². The highest BCUT2D eigenvalue weighted by molar-refractivity contribution is 8.00. The maximum absolute atomic E-state index is 13.0. The quantitative estimate of drug-likeness (QED) is 0.757. The number of nitrogens with zero attached hydrogens (tertiary/aromatic N) is 1. The molecule has 3 rings (SSSR count). The summed E-state index contributed by atoms with van der Waals surface area (Å²) in [6, 6.07) is 13.2. The molecule has 0 amide bonds. The molecule has 1 aliphatic heterocycles. The molecule has 2 unspecified atom stereocenters. The van der Waals surface area contributed by atoms with E-state index in [1.165, 1.54) is 11.8 Å². The molecule has 0 saturated heterocycles. The van der Waals surface area contributed by atoms with E-state index in [0.29, 0.717) is 10.8 Å². The van der Waals surface area contributed by atoms with Crippen LogP contribution in [0.5, 0.6) is 5.75 Å². The van der Waals surface area contributed by atoms with E-state index in [2.05, 4.69) is 6.07 Å². The first-order valence-corrected chi connectivity index (χ1v) is 8.25. The van der Waals surface area contributed by atoms with Crippen molar-refractivity contribution in [3.63, 3.8) is 0 Å². The third kappa shape index (κ3) is 2.40. The van der Waals surface area contributed by atoms with E-state index in [9.17, 15) is 5.21 Å². The summed E-state index contributed by atoms with van der Waals surface area (Å²) in [4.78, 5) is 0.330. The number of methoxy groups -OCH3 is 1. The fraction of sp³-hybridized carbons (Fsp3) is 0.294. The predicted octanol–water partition coefficient (Wildman–Crippen LogP) is 5.19. The highest BCUT2D eigenvalue weighted by Crippen LogP contribution is 2.55. The zero-order valence-corrected chi connectivity index (χ0v) is 14.2. The fourth-order valence-electron chi connectivity index (χ4n) is 2.89. The van der Waals surface area contributed by atoms with E-state index < -0.39 is 4.87 Å². The lowest BCUT2D eigenvalue weighted by molar-refractivity contribution is 0.190. The Labute approximate surface area is 139 Å². The molecule has 0 radical (unpaired) electrons. The number of hydrogen-bond donors (Lipinski definition) is 0. The van der Waals surface area contributed by atoms with Crippen LogP contribution in [-0.2, 0) is 4.87 Å². The van der Waals surface area contributed by atoms with Crippen LogP contribution in [-0.4, -0.2) is 12.2 Å². The van der Waals surface area contributed by atoms with Gasteiger partial charge in [-0.15, -0.1) is 0 Å². The fourth-order valence-corrected chi connectivity index (χ4v) is 4.51. The molecule has 0 fully saturated rings. The van der Waals surface area contributed by atoms with Gasteiger partial charge in [0.2, 0.25) is 0 Å². The monoisotopic (exact) mass is 334 g/mol. The van der Waals surface area contributed by atoms with Crippen molar-refractivity contribution in [3.8, 4) is 5.75 Å². The molecule has 0 bridgehead atoms. The molecule has 22 heavy (non-hydrogen) atoms. The van der Waals surface area contributed by atoms with Crippen LogP contribution in [0.2, 0.25) is 5.02 Å². The first kappa shape index (κ1) is 15.7. The Bertz CT molecular complexity index is 709. The standard InChI is InChI=1S/C17H17ClNO2S/c1-11-13-6-4-5-7-16(13)22-17(2,19(11)20)14-10-12(18)8-9-15(14)21-3/h4-11H,1-3H3/q-1. The maximum Gasteiger partial charge on any atom is 0.124 e. The summed E-state index contributed by atoms with van der Waals surface area (Å²) in [6.45, 7) is 3.85. The molecule has 2 aromatic rings. The zero-order valence-electron chi connectivity index (χ0n) is 12.7. The average molecular weight is 335 g/mol. The van der Waals surface area contributed by atoms with Crippen molar-refractivity contribution in [3.05, 3.63) is 63.8 Å². The van der Waals surface area contributed by atoms with Crippen molar-refractivity contribution in [2.75, 3.05) is 7.11 Å². The van der Waals surface area contributed by atoms with Gasteiger partial charge in [-0.05, 0) is 43.7 Å². The van der Waals surface area contributed by atoms with Crippen LogP contribution in [0.3, 0.4) is 0 Å². The van der Waals surface area contributed by atoms with Crippen LogP contribution in [0, 0.1) is 5.21 Å². The minimum Gasteiger partial charge on any atom is -0.784 e. The lowest BCUT2D eigenvalue weighted by Gasteiger charge is -2.53. The summed E-state index contributed by atoms with van der Waals surface area (Å²) in [5, 5.41) is 14.7. The number of hydroxylamine groups is 2. The van der Waals surface area contributed by atoms with Gasteiger partial charge < -0.3 is 15.0 Å². The molecule has 0 aliphatic carbocycles. The van der Waals surface area contributed by atoms with Gasteiger partial charge in [0.25, 0.3) is 0 Å². The van der Waals surface area contributed by atoms with Crippen LogP contribution in [0.15, 0.2) is 47.4 Å². The molecule has 0 aromatic heterocycles. The van der Waals surface area contributed by atoms with Crippen LogP contribution in [0.25, 0.3) is 0 Å². The van der Waals surface area contributed by atoms with E-state index >= 15 is 0 Å². The molecule has 2 atom stereocenters. The summed E-state index contributed by atoms with van der Waals surface area (Å²) in [6.07, 6.45) is 0. The van der Waals surface area contributed by atoms with Crippen LogP contribution in [0.1, 0.15) is 31.0 Å².